The van der Waals surface area contributed by atoms with Gasteiger partial charge < -0.3 is 15.0 Å². The van der Waals surface area contributed by atoms with Crippen molar-refractivity contribution in [3.8, 4) is 0 Å². The van der Waals surface area contributed by atoms with Gasteiger partial charge in [-0.2, -0.15) is 0 Å². The fourth-order valence-corrected chi connectivity index (χ4v) is 3.84. The van der Waals surface area contributed by atoms with Gasteiger partial charge in [0.25, 0.3) is 0 Å². The molecule has 1 fully saturated rings. The summed E-state index contributed by atoms with van der Waals surface area (Å²) < 4.78 is 5.46. The molecule has 5 nitrogen and oxygen atoms in total. The maximum Gasteiger partial charge on any atom is 0.234 e. The van der Waals surface area contributed by atoms with Crippen molar-refractivity contribution in [1.82, 2.24) is 10.2 Å². The van der Waals surface area contributed by atoms with Crippen molar-refractivity contribution in [2.75, 3.05) is 44.8 Å². The molecule has 3 rings (SSSR count). The number of hydrogen-bond acceptors (Lipinski definition) is 4. The van der Waals surface area contributed by atoms with Crippen molar-refractivity contribution in [2.24, 2.45) is 0 Å². The number of ether oxygens (including phenoxy) is 1. The number of hydrogen-bond donors (Lipinski definition) is 1. The highest BCUT2D eigenvalue weighted by Gasteiger charge is 2.17. The molecule has 0 bridgehead atoms. The van der Waals surface area contributed by atoms with Crippen LogP contribution in [-0.4, -0.2) is 50.7 Å². The van der Waals surface area contributed by atoms with Crippen LogP contribution < -0.4 is 10.2 Å². The molecule has 28 heavy (non-hydrogen) atoms. The van der Waals surface area contributed by atoms with Crippen LogP contribution >= 0.6 is 11.6 Å². The second-order valence-electron chi connectivity index (χ2n) is 7.21. The van der Waals surface area contributed by atoms with E-state index in [9.17, 15) is 4.79 Å². The largest absolute Gasteiger partial charge is 0.378 e. The van der Waals surface area contributed by atoms with Crippen LogP contribution in [0, 0.1) is 0 Å². The first-order chi connectivity index (χ1) is 13.5. The summed E-state index contributed by atoms with van der Waals surface area (Å²) >= 11 is 6.23. The zero-order valence-corrected chi connectivity index (χ0v) is 17.3. The van der Waals surface area contributed by atoms with Crippen molar-refractivity contribution in [3.63, 3.8) is 0 Å². The number of para-hydroxylation sites is 1. The molecular formula is C22H28ClN3O2. The Hall–Kier alpha value is -2.08. The Morgan fingerprint density at radius 2 is 1.86 bits per heavy atom. The summed E-state index contributed by atoms with van der Waals surface area (Å²) in [6.07, 6.45) is 0. The number of carbonyl (C=O) groups excluding carboxylic acids is 1. The molecule has 1 amide bonds. The van der Waals surface area contributed by atoms with Crippen LogP contribution in [-0.2, 0) is 16.1 Å². The lowest BCUT2D eigenvalue weighted by molar-refractivity contribution is -0.122. The molecule has 150 valence electrons. The number of nitrogens with zero attached hydrogens (tertiary/aromatic N) is 2. The number of likely N-dealkylation sites (N-methyl/N-ethyl adjacent to an activating group) is 1. The van der Waals surface area contributed by atoms with Crippen LogP contribution in [0.25, 0.3) is 0 Å². The van der Waals surface area contributed by atoms with Gasteiger partial charge in [0.1, 0.15) is 0 Å². The van der Waals surface area contributed by atoms with E-state index in [1.54, 1.807) is 0 Å². The monoisotopic (exact) mass is 401 g/mol. The van der Waals surface area contributed by atoms with Gasteiger partial charge in [0.05, 0.1) is 25.8 Å². The molecular weight excluding hydrogens is 374 g/mol. The molecule has 1 aliphatic rings. The minimum atomic E-state index is -0.129. The Bertz CT molecular complexity index is 793. The first kappa shape index (κ1) is 20.6. The number of rotatable bonds is 7. The van der Waals surface area contributed by atoms with Crippen LogP contribution in [0.1, 0.15) is 24.1 Å². The Morgan fingerprint density at radius 1 is 1.18 bits per heavy atom. The lowest BCUT2D eigenvalue weighted by Gasteiger charge is -2.31. The summed E-state index contributed by atoms with van der Waals surface area (Å²) in [5.74, 6) is -0.0150. The summed E-state index contributed by atoms with van der Waals surface area (Å²) in [7, 11) is 1.97. The first-order valence-corrected chi connectivity index (χ1v) is 10.1. The predicted octanol–water partition coefficient (Wildman–Crippen LogP) is 3.49. The van der Waals surface area contributed by atoms with E-state index in [1.165, 1.54) is 11.3 Å². The van der Waals surface area contributed by atoms with Gasteiger partial charge in [0, 0.05) is 30.3 Å². The Kier molecular flexibility index (Phi) is 7.31. The molecule has 1 atom stereocenters. The van der Waals surface area contributed by atoms with Gasteiger partial charge in [-0.05, 0) is 37.2 Å². The number of benzene rings is 2. The van der Waals surface area contributed by atoms with Gasteiger partial charge in [-0.25, -0.2) is 0 Å². The zero-order chi connectivity index (χ0) is 19.9. The van der Waals surface area contributed by atoms with Crippen LogP contribution in [0.15, 0.2) is 48.5 Å². The summed E-state index contributed by atoms with van der Waals surface area (Å²) in [6.45, 7) is 6.30. The maximum atomic E-state index is 12.5. The van der Waals surface area contributed by atoms with E-state index in [0.29, 0.717) is 18.1 Å². The normalized spacial score (nSPS) is 15.5. The van der Waals surface area contributed by atoms with E-state index in [0.717, 1.165) is 31.9 Å². The topological polar surface area (TPSA) is 44.8 Å². The molecule has 0 radical (unpaired) electrons. The highest BCUT2D eigenvalue weighted by atomic mass is 35.5. The molecule has 1 aliphatic heterocycles. The van der Waals surface area contributed by atoms with E-state index >= 15 is 0 Å². The quantitative estimate of drug-likeness (QED) is 0.771. The summed E-state index contributed by atoms with van der Waals surface area (Å²) in [5.41, 5.74) is 3.37. The predicted molar refractivity (Wildman–Crippen MR) is 114 cm³/mol. The van der Waals surface area contributed by atoms with Gasteiger partial charge in [0.15, 0.2) is 0 Å². The highest BCUT2D eigenvalue weighted by Crippen LogP contribution is 2.23. The number of amides is 1. The standard InChI is InChI=1S/C22H28ClN3O2/c1-17(19-8-4-5-9-20(19)23)24-22(27)16-25(2)15-18-7-3-6-10-21(18)26-11-13-28-14-12-26/h3-10,17H,11-16H2,1-2H3,(H,24,27). The minimum Gasteiger partial charge on any atom is -0.378 e. The van der Waals surface area contributed by atoms with Gasteiger partial charge in [-0.15, -0.1) is 0 Å². The average molecular weight is 402 g/mol. The maximum absolute atomic E-state index is 12.5. The van der Waals surface area contributed by atoms with E-state index < -0.39 is 0 Å². The third-order valence-corrected chi connectivity index (χ3v) is 5.29. The number of nitrogens with one attached hydrogen (secondary N) is 1. The third kappa shape index (κ3) is 5.47. The van der Waals surface area contributed by atoms with Crippen molar-refractivity contribution in [1.29, 1.82) is 0 Å². The van der Waals surface area contributed by atoms with Crippen molar-refractivity contribution < 1.29 is 9.53 Å². The molecule has 0 spiro atoms. The smallest absolute Gasteiger partial charge is 0.234 e. The average Bonchev–Trinajstić information content (AvgIpc) is 2.69. The fraction of sp³-hybridized carbons (Fsp3) is 0.409. The number of anilines is 1. The molecule has 1 unspecified atom stereocenters. The Balaban J connectivity index is 1.57. The molecule has 1 heterocycles. The van der Waals surface area contributed by atoms with Gasteiger partial charge in [0.2, 0.25) is 5.91 Å². The first-order valence-electron chi connectivity index (χ1n) is 9.67. The van der Waals surface area contributed by atoms with Crippen molar-refractivity contribution in [2.45, 2.75) is 19.5 Å². The van der Waals surface area contributed by atoms with Gasteiger partial charge >= 0.3 is 0 Å². The lowest BCUT2D eigenvalue weighted by Crippen LogP contribution is -2.38. The number of morpholine rings is 1. The summed E-state index contributed by atoms with van der Waals surface area (Å²) in [5, 5.41) is 3.71. The van der Waals surface area contributed by atoms with Crippen LogP contribution in [0.5, 0.6) is 0 Å². The number of halogens is 1. The van der Waals surface area contributed by atoms with Crippen molar-refractivity contribution in [3.05, 3.63) is 64.7 Å². The molecule has 0 aromatic heterocycles. The molecule has 6 heteroatoms. The molecule has 1 saturated heterocycles. The molecule has 2 aromatic rings. The highest BCUT2D eigenvalue weighted by molar-refractivity contribution is 6.31. The second-order valence-corrected chi connectivity index (χ2v) is 7.62. The Labute approximate surface area is 172 Å². The third-order valence-electron chi connectivity index (χ3n) is 4.95. The van der Waals surface area contributed by atoms with Crippen LogP contribution in [0.2, 0.25) is 5.02 Å². The fourth-order valence-electron chi connectivity index (χ4n) is 3.54. The molecule has 1 N–H and O–H groups in total. The van der Waals surface area contributed by atoms with Crippen LogP contribution in [0.4, 0.5) is 5.69 Å². The second kappa shape index (κ2) is 9.92. The van der Waals surface area contributed by atoms with Crippen molar-refractivity contribution >= 4 is 23.2 Å². The minimum absolute atomic E-state index is 0.0150. The van der Waals surface area contributed by atoms with E-state index in [1.807, 2.05) is 49.2 Å². The van der Waals surface area contributed by atoms with Gasteiger partial charge in [-0.1, -0.05) is 48.0 Å². The molecule has 0 aliphatic carbocycles. The Morgan fingerprint density at radius 3 is 2.61 bits per heavy atom. The summed E-state index contributed by atoms with van der Waals surface area (Å²) in [4.78, 5) is 16.9. The van der Waals surface area contributed by atoms with E-state index in [2.05, 4.69) is 28.4 Å². The molecule has 0 saturated carbocycles. The van der Waals surface area contributed by atoms with E-state index in [4.69, 9.17) is 16.3 Å². The summed E-state index contributed by atoms with van der Waals surface area (Å²) in [6, 6.07) is 15.9. The molecule has 2 aromatic carbocycles. The zero-order valence-electron chi connectivity index (χ0n) is 16.5. The van der Waals surface area contributed by atoms with Crippen LogP contribution in [0.3, 0.4) is 0 Å². The lowest BCUT2D eigenvalue weighted by atomic mass is 10.1. The van der Waals surface area contributed by atoms with E-state index in [-0.39, 0.29) is 11.9 Å². The van der Waals surface area contributed by atoms with Gasteiger partial charge in [-0.3, -0.25) is 9.69 Å². The number of carbonyl (C=O) groups is 1. The SMILES string of the molecule is CC(NC(=O)CN(C)Cc1ccccc1N1CCOCC1)c1ccccc1Cl.